The number of ether oxygens (including phenoxy) is 1. The van der Waals surface area contributed by atoms with Gasteiger partial charge in [-0.15, -0.1) is 0 Å². The van der Waals surface area contributed by atoms with Crippen LogP contribution in [-0.2, 0) is 0 Å². The van der Waals surface area contributed by atoms with E-state index in [1.54, 1.807) is 6.07 Å². The number of hydrogen-bond acceptors (Lipinski definition) is 3. The van der Waals surface area contributed by atoms with Gasteiger partial charge in [-0.1, -0.05) is 17.7 Å². The molecular weight excluding hydrogens is 192 g/mol. The summed E-state index contributed by atoms with van der Waals surface area (Å²) in [6.07, 6.45) is 0. The molecular formula is C12H12O3. The summed E-state index contributed by atoms with van der Waals surface area (Å²) in [6, 6.07) is 6.88. The molecule has 3 nitrogen and oxygen atoms in total. The van der Waals surface area contributed by atoms with Crippen molar-refractivity contribution < 1.29 is 14.9 Å². The van der Waals surface area contributed by atoms with Crippen LogP contribution < -0.4 is 4.74 Å². The van der Waals surface area contributed by atoms with E-state index in [0.717, 1.165) is 5.56 Å². The van der Waals surface area contributed by atoms with E-state index in [2.05, 4.69) is 0 Å². The number of fused-ring (bicyclic) bond motifs is 1. The molecule has 0 atom stereocenters. The summed E-state index contributed by atoms with van der Waals surface area (Å²) in [7, 11) is 1.45. The summed E-state index contributed by atoms with van der Waals surface area (Å²) < 4.78 is 4.95. The maximum Gasteiger partial charge on any atom is 0.165 e. The molecule has 0 fully saturated rings. The zero-order valence-electron chi connectivity index (χ0n) is 8.61. The molecule has 0 radical (unpaired) electrons. The molecule has 0 spiro atoms. The van der Waals surface area contributed by atoms with Crippen LogP contribution in [0.1, 0.15) is 5.56 Å². The standard InChI is InChI=1S/C12H12O3/c1-7-3-4-8-9(5-7)10(13)6-11(15-2)12(8)14/h3-6,13-14H,1-2H3. The summed E-state index contributed by atoms with van der Waals surface area (Å²) in [5.41, 5.74) is 1.03. The van der Waals surface area contributed by atoms with Crippen molar-refractivity contribution >= 4 is 10.8 Å². The Hall–Kier alpha value is -1.90. The first-order chi connectivity index (χ1) is 7.13. The minimum Gasteiger partial charge on any atom is -0.507 e. The highest BCUT2D eigenvalue weighted by Crippen LogP contribution is 2.40. The molecule has 0 bridgehead atoms. The van der Waals surface area contributed by atoms with Gasteiger partial charge in [0.1, 0.15) is 5.75 Å². The van der Waals surface area contributed by atoms with E-state index in [-0.39, 0.29) is 17.2 Å². The van der Waals surface area contributed by atoms with Gasteiger partial charge in [0.05, 0.1) is 7.11 Å². The van der Waals surface area contributed by atoms with E-state index in [9.17, 15) is 10.2 Å². The van der Waals surface area contributed by atoms with E-state index in [4.69, 9.17) is 4.74 Å². The summed E-state index contributed by atoms with van der Waals surface area (Å²) in [5, 5.41) is 20.8. The fourth-order valence-corrected chi connectivity index (χ4v) is 1.64. The molecule has 15 heavy (non-hydrogen) atoms. The molecule has 0 unspecified atom stereocenters. The maximum atomic E-state index is 9.83. The Morgan fingerprint density at radius 1 is 1.07 bits per heavy atom. The van der Waals surface area contributed by atoms with Crippen LogP contribution in [0.25, 0.3) is 10.8 Å². The van der Waals surface area contributed by atoms with E-state index >= 15 is 0 Å². The molecule has 2 aromatic rings. The Kier molecular flexibility index (Phi) is 2.15. The monoisotopic (exact) mass is 204 g/mol. The third-order valence-corrected chi connectivity index (χ3v) is 2.43. The minimum absolute atomic E-state index is 0.0605. The first-order valence-corrected chi connectivity index (χ1v) is 4.62. The van der Waals surface area contributed by atoms with Crippen molar-refractivity contribution in [3.8, 4) is 17.2 Å². The molecule has 2 rings (SSSR count). The topological polar surface area (TPSA) is 49.7 Å². The quantitative estimate of drug-likeness (QED) is 0.702. The lowest BCUT2D eigenvalue weighted by atomic mass is 10.1. The second-order valence-corrected chi connectivity index (χ2v) is 3.50. The summed E-state index contributed by atoms with van der Waals surface area (Å²) in [6.45, 7) is 1.93. The normalized spacial score (nSPS) is 10.5. The Bertz CT molecular complexity index is 518. The number of aryl methyl sites for hydroxylation is 1. The van der Waals surface area contributed by atoms with Crippen LogP contribution in [0.15, 0.2) is 24.3 Å². The first kappa shape index (κ1) is 9.65. The van der Waals surface area contributed by atoms with Crippen LogP contribution in [0.4, 0.5) is 0 Å². The second kappa shape index (κ2) is 3.35. The Labute approximate surface area is 87.5 Å². The van der Waals surface area contributed by atoms with E-state index in [1.165, 1.54) is 13.2 Å². The highest BCUT2D eigenvalue weighted by molar-refractivity contribution is 5.95. The van der Waals surface area contributed by atoms with Crippen LogP contribution in [0.3, 0.4) is 0 Å². The average molecular weight is 204 g/mol. The fourth-order valence-electron chi connectivity index (χ4n) is 1.64. The molecule has 0 heterocycles. The van der Waals surface area contributed by atoms with Crippen LogP contribution in [0.5, 0.6) is 17.2 Å². The molecule has 0 aliphatic carbocycles. The first-order valence-electron chi connectivity index (χ1n) is 4.62. The molecule has 3 heteroatoms. The van der Waals surface area contributed by atoms with Crippen molar-refractivity contribution in [1.82, 2.24) is 0 Å². The Balaban J connectivity index is 2.87. The van der Waals surface area contributed by atoms with Gasteiger partial charge in [-0.05, 0) is 13.0 Å². The van der Waals surface area contributed by atoms with Crippen LogP contribution in [0, 0.1) is 6.92 Å². The van der Waals surface area contributed by atoms with Crippen molar-refractivity contribution in [1.29, 1.82) is 0 Å². The van der Waals surface area contributed by atoms with E-state index in [0.29, 0.717) is 10.8 Å². The van der Waals surface area contributed by atoms with Crippen LogP contribution >= 0.6 is 0 Å². The van der Waals surface area contributed by atoms with Gasteiger partial charge in [0.15, 0.2) is 11.5 Å². The third kappa shape index (κ3) is 1.46. The largest absolute Gasteiger partial charge is 0.507 e. The average Bonchev–Trinajstić information content (AvgIpc) is 2.23. The number of phenolic OH excluding ortho intramolecular Hbond substituents is 2. The highest BCUT2D eigenvalue weighted by Gasteiger charge is 2.10. The van der Waals surface area contributed by atoms with Crippen LogP contribution in [0.2, 0.25) is 0 Å². The van der Waals surface area contributed by atoms with Gasteiger partial charge in [-0.25, -0.2) is 0 Å². The molecule has 0 aliphatic rings. The van der Waals surface area contributed by atoms with Gasteiger partial charge in [0.25, 0.3) is 0 Å². The van der Waals surface area contributed by atoms with E-state index < -0.39 is 0 Å². The van der Waals surface area contributed by atoms with Gasteiger partial charge in [0, 0.05) is 16.8 Å². The summed E-state index contributed by atoms with van der Waals surface area (Å²) in [5.74, 6) is 0.456. The highest BCUT2D eigenvalue weighted by atomic mass is 16.5. The molecule has 0 amide bonds. The fraction of sp³-hybridized carbons (Fsp3) is 0.167. The van der Waals surface area contributed by atoms with Crippen LogP contribution in [-0.4, -0.2) is 17.3 Å². The van der Waals surface area contributed by atoms with Gasteiger partial charge >= 0.3 is 0 Å². The third-order valence-electron chi connectivity index (χ3n) is 2.43. The van der Waals surface area contributed by atoms with Gasteiger partial charge in [-0.2, -0.15) is 0 Å². The predicted molar refractivity (Wildman–Crippen MR) is 58.6 cm³/mol. The summed E-state index contributed by atoms with van der Waals surface area (Å²) in [4.78, 5) is 0. The lowest BCUT2D eigenvalue weighted by molar-refractivity contribution is 0.372. The molecule has 2 N–H and O–H groups in total. The lowest BCUT2D eigenvalue weighted by Gasteiger charge is -2.09. The molecule has 0 aromatic heterocycles. The van der Waals surface area contributed by atoms with E-state index in [1.807, 2.05) is 19.1 Å². The maximum absolute atomic E-state index is 9.83. The SMILES string of the molecule is COc1cc(O)c2cc(C)ccc2c1O. The molecule has 0 saturated carbocycles. The number of aromatic hydroxyl groups is 2. The number of rotatable bonds is 1. The zero-order valence-corrected chi connectivity index (χ0v) is 8.61. The minimum atomic E-state index is 0.0605. The van der Waals surface area contributed by atoms with Gasteiger partial charge < -0.3 is 14.9 Å². The Morgan fingerprint density at radius 3 is 2.47 bits per heavy atom. The lowest BCUT2D eigenvalue weighted by Crippen LogP contribution is -1.86. The van der Waals surface area contributed by atoms with Crippen molar-refractivity contribution in [3.05, 3.63) is 29.8 Å². The molecule has 0 aliphatic heterocycles. The summed E-state index contributed by atoms with van der Waals surface area (Å²) >= 11 is 0. The number of methoxy groups -OCH3 is 1. The zero-order chi connectivity index (χ0) is 11.0. The predicted octanol–water partition coefficient (Wildman–Crippen LogP) is 2.57. The van der Waals surface area contributed by atoms with Crippen molar-refractivity contribution in [2.24, 2.45) is 0 Å². The van der Waals surface area contributed by atoms with Crippen molar-refractivity contribution in [2.45, 2.75) is 6.92 Å². The number of benzene rings is 2. The van der Waals surface area contributed by atoms with Crippen molar-refractivity contribution in [3.63, 3.8) is 0 Å². The van der Waals surface area contributed by atoms with Gasteiger partial charge in [-0.3, -0.25) is 0 Å². The molecule has 78 valence electrons. The number of phenols is 2. The Morgan fingerprint density at radius 2 is 1.80 bits per heavy atom. The number of hydrogen-bond donors (Lipinski definition) is 2. The van der Waals surface area contributed by atoms with Crippen molar-refractivity contribution in [2.75, 3.05) is 7.11 Å². The molecule has 0 saturated heterocycles. The second-order valence-electron chi connectivity index (χ2n) is 3.50. The smallest absolute Gasteiger partial charge is 0.165 e. The van der Waals surface area contributed by atoms with Gasteiger partial charge in [0.2, 0.25) is 0 Å². The molecule has 2 aromatic carbocycles.